The fraction of sp³-hybridized carbons (Fsp3) is 0.538. The van der Waals surface area contributed by atoms with Crippen molar-refractivity contribution >= 4 is 0 Å². The van der Waals surface area contributed by atoms with Gasteiger partial charge in [-0.15, -0.1) is 0 Å². The smallest absolute Gasteiger partial charge is 0.160 e. The number of nitrogens with one attached hydrogen (secondary N) is 1. The summed E-state index contributed by atoms with van der Waals surface area (Å²) in [7, 11) is 3.25. The van der Waals surface area contributed by atoms with Crippen molar-refractivity contribution in [3.63, 3.8) is 0 Å². The van der Waals surface area contributed by atoms with Crippen molar-refractivity contribution in [1.82, 2.24) is 5.32 Å². The van der Waals surface area contributed by atoms with E-state index < -0.39 is 6.10 Å². The van der Waals surface area contributed by atoms with E-state index >= 15 is 0 Å². The lowest BCUT2D eigenvalue weighted by molar-refractivity contribution is 0.00632. The summed E-state index contributed by atoms with van der Waals surface area (Å²) >= 11 is 0. The first-order valence-electron chi connectivity index (χ1n) is 11.6. The Morgan fingerprint density at radius 2 is 1.67 bits per heavy atom. The summed E-state index contributed by atoms with van der Waals surface area (Å²) in [5, 5.41) is 13.4. The highest BCUT2D eigenvalue weighted by atomic mass is 16.5. The number of rotatable bonds is 17. The van der Waals surface area contributed by atoms with Gasteiger partial charge in [-0.1, -0.05) is 25.1 Å². The standard InChI is InChI=1S/C26H39NO6/c1-5-20(2)32-15-14-31-18-22-6-9-24(10-7-22)33-19-23(28)17-27-13-12-21-8-11-25(29-3)26(16-21)30-4/h6-11,16,20,23,27-28H,5,12-15,17-19H2,1-4H3. The summed E-state index contributed by atoms with van der Waals surface area (Å²) in [4.78, 5) is 0. The second kappa shape index (κ2) is 15.5. The van der Waals surface area contributed by atoms with Crippen LogP contribution in [0.2, 0.25) is 0 Å². The highest BCUT2D eigenvalue weighted by molar-refractivity contribution is 5.42. The zero-order valence-corrected chi connectivity index (χ0v) is 20.3. The van der Waals surface area contributed by atoms with Crippen molar-refractivity contribution < 1.29 is 28.8 Å². The molecule has 0 aliphatic carbocycles. The normalized spacial score (nSPS) is 12.9. The molecule has 2 N–H and O–H groups in total. The van der Waals surface area contributed by atoms with Gasteiger partial charge in [-0.25, -0.2) is 0 Å². The molecule has 184 valence electrons. The van der Waals surface area contributed by atoms with Crippen LogP contribution in [0.15, 0.2) is 42.5 Å². The van der Waals surface area contributed by atoms with Crippen LogP contribution in [0, 0.1) is 0 Å². The van der Waals surface area contributed by atoms with Crippen LogP contribution in [0.3, 0.4) is 0 Å². The molecular formula is C26H39NO6. The summed E-state index contributed by atoms with van der Waals surface area (Å²) < 4.78 is 27.5. The molecular weight excluding hydrogens is 422 g/mol. The first kappa shape index (κ1) is 26.9. The minimum atomic E-state index is -0.594. The Morgan fingerprint density at radius 1 is 0.939 bits per heavy atom. The lowest BCUT2D eigenvalue weighted by Gasteiger charge is -2.14. The van der Waals surface area contributed by atoms with Gasteiger partial charge in [0, 0.05) is 6.54 Å². The van der Waals surface area contributed by atoms with E-state index in [0.29, 0.717) is 32.1 Å². The van der Waals surface area contributed by atoms with Gasteiger partial charge in [0.15, 0.2) is 11.5 Å². The maximum atomic E-state index is 10.2. The molecule has 0 saturated carbocycles. The molecule has 2 rings (SSSR count). The Labute approximate surface area is 198 Å². The quantitative estimate of drug-likeness (QED) is 0.349. The first-order valence-corrected chi connectivity index (χ1v) is 11.6. The average Bonchev–Trinajstić information content (AvgIpc) is 2.85. The van der Waals surface area contributed by atoms with E-state index in [1.165, 1.54) is 0 Å². The highest BCUT2D eigenvalue weighted by Gasteiger charge is 2.07. The molecule has 0 radical (unpaired) electrons. The van der Waals surface area contributed by atoms with E-state index in [1.54, 1.807) is 14.2 Å². The molecule has 2 aromatic carbocycles. The number of aliphatic hydroxyl groups excluding tert-OH is 1. The zero-order valence-electron chi connectivity index (χ0n) is 20.3. The van der Waals surface area contributed by atoms with Crippen molar-refractivity contribution in [3.8, 4) is 17.2 Å². The Bertz CT molecular complexity index is 783. The van der Waals surface area contributed by atoms with Crippen LogP contribution < -0.4 is 19.5 Å². The topological polar surface area (TPSA) is 78.4 Å². The Balaban J connectivity index is 1.59. The third-order valence-electron chi connectivity index (χ3n) is 5.26. The third kappa shape index (κ3) is 10.4. The molecule has 0 aromatic heterocycles. The number of hydrogen-bond donors (Lipinski definition) is 2. The van der Waals surface area contributed by atoms with Gasteiger partial charge in [0.25, 0.3) is 0 Å². The molecule has 0 aliphatic rings. The molecule has 2 atom stereocenters. The average molecular weight is 462 g/mol. The van der Waals surface area contributed by atoms with Crippen LogP contribution in [0.5, 0.6) is 17.2 Å². The molecule has 7 nitrogen and oxygen atoms in total. The van der Waals surface area contributed by atoms with Crippen molar-refractivity contribution in [3.05, 3.63) is 53.6 Å². The lowest BCUT2D eigenvalue weighted by atomic mass is 10.1. The van der Waals surface area contributed by atoms with Crippen LogP contribution in [0.25, 0.3) is 0 Å². The molecule has 33 heavy (non-hydrogen) atoms. The van der Waals surface area contributed by atoms with E-state index in [1.807, 2.05) is 42.5 Å². The van der Waals surface area contributed by atoms with Crippen LogP contribution in [0.1, 0.15) is 31.4 Å². The highest BCUT2D eigenvalue weighted by Crippen LogP contribution is 2.27. The number of methoxy groups -OCH3 is 2. The SMILES string of the molecule is CCC(C)OCCOCc1ccc(OCC(O)CNCCc2ccc(OC)c(OC)c2)cc1. The van der Waals surface area contributed by atoms with Crippen molar-refractivity contribution in [2.45, 2.75) is 45.5 Å². The van der Waals surface area contributed by atoms with Gasteiger partial charge in [-0.05, 0) is 61.7 Å². The molecule has 2 aromatic rings. The van der Waals surface area contributed by atoms with Crippen LogP contribution >= 0.6 is 0 Å². The molecule has 7 heteroatoms. The second-order valence-corrected chi connectivity index (χ2v) is 7.89. The van der Waals surface area contributed by atoms with Crippen molar-refractivity contribution in [2.24, 2.45) is 0 Å². The van der Waals surface area contributed by atoms with E-state index in [0.717, 1.165) is 42.0 Å². The van der Waals surface area contributed by atoms with Gasteiger partial charge in [-0.3, -0.25) is 0 Å². The lowest BCUT2D eigenvalue weighted by Crippen LogP contribution is -2.32. The molecule has 0 fully saturated rings. The van der Waals surface area contributed by atoms with Gasteiger partial charge >= 0.3 is 0 Å². The number of ether oxygens (including phenoxy) is 5. The van der Waals surface area contributed by atoms with E-state index in [4.69, 9.17) is 23.7 Å². The van der Waals surface area contributed by atoms with Gasteiger partial charge in [0.1, 0.15) is 18.5 Å². The second-order valence-electron chi connectivity index (χ2n) is 7.89. The molecule has 2 unspecified atom stereocenters. The summed E-state index contributed by atoms with van der Waals surface area (Å²) in [6, 6.07) is 13.6. The summed E-state index contributed by atoms with van der Waals surface area (Å²) in [5.41, 5.74) is 2.21. The molecule has 0 spiro atoms. The fourth-order valence-corrected chi connectivity index (χ4v) is 3.09. The summed E-state index contributed by atoms with van der Waals surface area (Å²) in [6.45, 7) is 7.31. The van der Waals surface area contributed by atoms with E-state index in [9.17, 15) is 5.11 Å². The first-order chi connectivity index (χ1) is 16.0. The molecule has 0 amide bonds. The maximum Gasteiger partial charge on any atom is 0.160 e. The Morgan fingerprint density at radius 3 is 2.36 bits per heavy atom. The Kier molecular flexibility index (Phi) is 12.7. The molecule has 0 bridgehead atoms. The Hall–Kier alpha value is -2.32. The van der Waals surface area contributed by atoms with E-state index in [-0.39, 0.29) is 12.7 Å². The summed E-state index contributed by atoms with van der Waals surface area (Å²) in [6.07, 6.45) is 1.50. The predicted octanol–water partition coefficient (Wildman–Crippen LogP) is 3.61. The minimum absolute atomic E-state index is 0.228. The largest absolute Gasteiger partial charge is 0.493 e. The van der Waals surface area contributed by atoms with E-state index in [2.05, 4.69) is 19.2 Å². The van der Waals surface area contributed by atoms with Crippen LogP contribution in [0.4, 0.5) is 0 Å². The van der Waals surface area contributed by atoms with Gasteiger partial charge < -0.3 is 34.1 Å². The third-order valence-corrected chi connectivity index (χ3v) is 5.26. The predicted molar refractivity (Wildman–Crippen MR) is 129 cm³/mol. The van der Waals surface area contributed by atoms with Crippen molar-refractivity contribution in [2.75, 3.05) is 47.1 Å². The minimum Gasteiger partial charge on any atom is -0.493 e. The van der Waals surface area contributed by atoms with Crippen LogP contribution in [-0.2, 0) is 22.5 Å². The zero-order chi connectivity index (χ0) is 23.9. The van der Waals surface area contributed by atoms with Gasteiger partial charge in [0.2, 0.25) is 0 Å². The van der Waals surface area contributed by atoms with Gasteiger partial charge in [0.05, 0.1) is 40.1 Å². The summed E-state index contributed by atoms with van der Waals surface area (Å²) in [5.74, 6) is 2.16. The van der Waals surface area contributed by atoms with Crippen LogP contribution in [-0.4, -0.2) is 64.4 Å². The molecule has 0 aliphatic heterocycles. The van der Waals surface area contributed by atoms with Crippen molar-refractivity contribution in [1.29, 1.82) is 0 Å². The molecule has 0 heterocycles. The fourth-order valence-electron chi connectivity index (χ4n) is 3.09. The maximum absolute atomic E-state index is 10.2. The van der Waals surface area contributed by atoms with Gasteiger partial charge in [-0.2, -0.15) is 0 Å². The number of benzene rings is 2. The molecule has 0 saturated heterocycles. The number of aliphatic hydroxyl groups is 1. The monoisotopic (exact) mass is 461 g/mol. The number of hydrogen-bond acceptors (Lipinski definition) is 7.